The molecular formula is C19H25F2N7O3. The number of nitrogen functional groups attached to an aromatic ring is 1. The van der Waals surface area contributed by atoms with Crippen LogP contribution in [0, 0.1) is 0 Å². The molecule has 3 N–H and O–H groups in total. The van der Waals surface area contributed by atoms with Crippen LogP contribution < -0.4 is 15.5 Å². The van der Waals surface area contributed by atoms with Gasteiger partial charge in [0.15, 0.2) is 5.82 Å². The van der Waals surface area contributed by atoms with Gasteiger partial charge in [0.1, 0.15) is 11.5 Å². The lowest BCUT2D eigenvalue weighted by Crippen LogP contribution is -2.49. The number of hydrogen-bond donors (Lipinski definition) is 2. The minimum absolute atomic E-state index is 0.00529. The van der Waals surface area contributed by atoms with E-state index in [-0.39, 0.29) is 41.8 Å². The topological polar surface area (TPSA) is 123 Å². The molecule has 0 saturated carbocycles. The second-order valence-electron chi connectivity index (χ2n) is 7.45. The van der Waals surface area contributed by atoms with Gasteiger partial charge in [0.05, 0.1) is 45.1 Å². The van der Waals surface area contributed by atoms with Crippen LogP contribution in [0.4, 0.5) is 26.5 Å². The van der Waals surface area contributed by atoms with Crippen LogP contribution in [0.15, 0.2) is 12.1 Å². The molecule has 2 aliphatic rings. The van der Waals surface area contributed by atoms with E-state index in [0.29, 0.717) is 45.5 Å². The summed E-state index contributed by atoms with van der Waals surface area (Å²) < 4.78 is 38.4. The number of nitrogens with zero attached hydrogens (tertiary/aromatic N) is 6. The highest BCUT2D eigenvalue weighted by molar-refractivity contribution is 5.63. The Morgan fingerprint density at radius 3 is 2.42 bits per heavy atom. The average Bonchev–Trinajstić information content (AvgIpc) is 2.79. The monoisotopic (exact) mass is 437 g/mol. The van der Waals surface area contributed by atoms with Crippen molar-refractivity contribution in [2.24, 2.45) is 0 Å². The predicted molar refractivity (Wildman–Crippen MR) is 109 cm³/mol. The maximum Gasteiger partial charge on any atom is 0.281 e. The van der Waals surface area contributed by atoms with Gasteiger partial charge in [-0.15, -0.1) is 0 Å². The first-order valence-electron chi connectivity index (χ1n) is 10.1. The van der Waals surface area contributed by atoms with Gasteiger partial charge in [-0.1, -0.05) is 0 Å². The van der Waals surface area contributed by atoms with E-state index in [4.69, 9.17) is 15.2 Å². The highest BCUT2D eigenvalue weighted by Crippen LogP contribution is 2.31. The third kappa shape index (κ3) is 4.50. The minimum Gasteiger partial charge on any atom is -0.394 e. The minimum atomic E-state index is -2.85. The summed E-state index contributed by atoms with van der Waals surface area (Å²) in [6, 6.07) is 2.53. The molecule has 4 heterocycles. The van der Waals surface area contributed by atoms with Crippen LogP contribution in [0.2, 0.25) is 0 Å². The van der Waals surface area contributed by atoms with Gasteiger partial charge in [-0.05, 0) is 19.1 Å². The van der Waals surface area contributed by atoms with Crippen LogP contribution >= 0.6 is 0 Å². The summed E-state index contributed by atoms with van der Waals surface area (Å²) in [7, 11) is 0. The van der Waals surface area contributed by atoms with E-state index < -0.39 is 12.1 Å². The van der Waals surface area contributed by atoms with Crippen molar-refractivity contribution in [1.29, 1.82) is 0 Å². The first-order valence-corrected chi connectivity index (χ1v) is 10.1. The number of aliphatic hydroxyl groups excluding tert-OH is 1. The first-order chi connectivity index (χ1) is 15.0. The number of pyridine rings is 1. The Bertz CT molecular complexity index is 920. The molecule has 12 heteroatoms. The normalized spacial score (nSPS) is 22.2. The van der Waals surface area contributed by atoms with Gasteiger partial charge >= 0.3 is 0 Å². The predicted octanol–water partition coefficient (Wildman–Crippen LogP) is 0.876. The van der Waals surface area contributed by atoms with Crippen molar-refractivity contribution in [1.82, 2.24) is 19.9 Å². The van der Waals surface area contributed by atoms with Gasteiger partial charge in [0, 0.05) is 18.7 Å². The largest absolute Gasteiger partial charge is 0.394 e. The molecule has 0 aliphatic carbocycles. The smallest absolute Gasteiger partial charge is 0.281 e. The Balaban J connectivity index is 1.84. The van der Waals surface area contributed by atoms with Gasteiger partial charge < -0.3 is 30.1 Å². The van der Waals surface area contributed by atoms with Crippen molar-refractivity contribution >= 4 is 17.7 Å². The second kappa shape index (κ2) is 9.20. The van der Waals surface area contributed by atoms with Crippen LogP contribution in [-0.2, 0) is 9.47 Å². The highest BCUT2D eigenvalue weighted by Gasteiger charge is 2.29. The zero-order valence-corrected chi connectivity index (χ0v) is 17.1. The molecule has 0 spiro atoms. The molecule has 10 nitrogen and oxygen atoms in total. The fraction of sp³-hybridized carbons (Fsp3) is 0.579. The molecule has 0 unspecified atom stereocenters. The summed E-state index contributed by atoms with van der Waals surface area (Å²) in [5, 5.41) is 9.77. The summed E-state index contributed by atoms with van der Waals surface area (Å²) in [6.45, 7) is 4.58. The summed E-state index contributed by atoms with van der Waals surface area (Å²) in [5.41, 5.74) is 5.22. The van der Waals surface area contributed by atoms with E-state index >= 15 is 0 Å². The Morgan fingerprint density at radius 2 is 1.74 bits per heavy atom. The standard InChI is InChI=1S/C19H25F2N7O3/c1-11-9-30-6-4-27(11)18-24-17(13-2-3-14(22)23-15(13)16(20)21)25-19(26-18)28-5-7-31-10-12(28)8-29/h2-3,11-12,16,29H,4-10H2,1H3,(H2,22,23)/t11-,12-/m1/s1. The van der Waals surface area contributed by atoms with Crippen molar-refractivity contribution in [3.8, 4) is 11.4 Å². The molecule has 0 radical (unpaired) electrons. The molecule has 4 rings (SSSR count). The zero-order valence-electron chi connectivity index (χ0n) is 17.1. The fourth-order valence-electron chi connectivity index (χ4n) is 3.67. The van der Waals surface area contributed by atoms with Crippen molar-refractivity contribution in [3.63, 3.8) is 0 Å². The van der Waals surface area contributed by atoms with Gasteiger partial charge in [-0.25, -0.2) is 13.8 Å². The summed E-state index contributed by atoms with van der Waals surface area (Å²) >= 11 is 0. The summed E-state index contributed by atoms with van der Waals surface area (Å²) in [6.07, 6.45) is -2.85. The van der Waals surface area contributed by atoms with E-state index in [9.17, 15) is 13.9 Å². The highest BCUT2D eigenvalue weighted by atomic mass is 19.3. The molecular weight excluding hydrogens is 412 g/mol. The number of alkyl halides is 2. The van der Waals surface area contributed by atoms with Crippen molar-refractivity contribution in [2.45, 2.75) is 25.4 Å². The molecule has 168 valence electrons. The number of hydrogen-bond acceptors (Lipinski definition) is 10. The molecule has 2 saturated heterocycles. The Morgan fingerprint density at radius 1 is 1.06 bits per heavy atom. The molecule has 0 bridgehead atoms. The number of nitrogens with two attached hydrogens (primary N) is 1. The lowest BCUT2D eigenvalue weighted by atomic mass is 10.1. The Hall–Kier alpha value is -2.70. The van der Waals surface area contributed by atoms with Crippen molar-refractivity contribution < 1.29 is 23.4 Å². The van der Waals surface area contributed by atoms with Gasteiger partial charge in [0.2, 0.25) is 11.9 Å². The maximum absolute atomic E-state index is 13.7. The third-order valence-corrected chi connectivity index (χ3v) is 5.33. The molecule has 2 aromatic heterocycles. The van der Waals surface area contributed by atoms with E-state index in [0.717, 1.165) is 0 Å². The lowest BCUT2D eigenvalue weighted by Gasteiger charge is -2.36. The van der Waals surface area contributed by atoms with Gasteiger partial charge in [-0.2, -0.15) is 15.0 Å². The maximum atomic E-state index is 13.7. The number of ether oxygens (including phenoxy) is 2. The molecule has 2 aromatic rings. The third-order valence-electron chi connectivity index (χ3n) is 5.33. The van der Waals surface area contributed by atoms with Crippen molar-refractivity contribution in [3.05, 3.63) is 17.8 Å². The molecule has 31 heavy (non-hydrogen) atoms. The second-order valence-corrected chi connectivity index (χ2v) is 7.45. The van der Waals surface area contributed by atoms with E-state index in [1.54, 1.807) is 0 Å². The molecule has 0 amide bonds. The van der Waals surface area contributed by atoms with Crippen LogP contribution in [-0.4, -0.2) is 83.3 Å². The quantitative estimate of drug-likeness (QED) is 0.697. The molecule has 2 atom stereocenters. The molecule has 0 aromatic carbocycles. The lowest BCUT2D eigenvalue weighted by molar-refractivity contribution is 0.0717. The van der Waals surface area contributed by atoms with E-state index in [1.807, 2.05) is 16.7 Å². The fourth-order valence-corrected chi connectivity index (χ4v) is 3.67. The Kier molecular flexibility index (Phi) is 6.39. The summed E-state index contributed by atoms with van der Waals surface area (Å²) in [4.78, 5) is 21.2. The zero-order chi connectivity index (χ0) is 22.0. The van der Waals surface area contributed by atoms with Gasteiger partial charge in [0.25, 0.3) is 6.43 Å². The summed E-state index contributed by atoms with van der Waals surface area (Å²) in [5.74, 6) is 0.711. The number of anilines is 3. The first kappa shape index (κ1) is 21.5. The molecule has 2 aliphatic heterocycles. The van der Waals surface area contributed by atoms with Crippen LogP contribution in [0.1, 0.15) is 19.0 Å². The van der Waals surface area contributed by atoms with Crippen LogP contribution in [0.5, 0.6) is 0 Å². The Labute approximate surface area is 178 Å². The average molecular weight is 437 g/mol. The van der Waals surface area contributed by atoms with E-state index in [2.05, 4.69) is 19.9 Å². The number of aromatic nitrogens is 4. The number of aliphatic hydroxyl groups is 1. The number of halogens is 2. The SMILES string of the molecule is C[C@@H]1COCCN1c1nc(-c2ccc(N)nc2C(F)F)nc(N2CCOC[C@H]2CO)n1. The number of morpholine rings is 2. The molecule has 2 fully saturated rings. The van der Waals surface area contributed by atoms with E-state index in [1.165, 1.54) is 12.1 Å². The van der Waals surface area contributed by atoms with Crippen LogP contribution in [0.25, 0.3) is 11.4 Å². The van der Waals surface area contributed by atoms with Crippen LogP contribution in [0.3, 0.4) is 0 Å². The van der Waals surface area contributed by atoms with Crippen molar-refractivity contribution in [2.75, 3.05) is 61.7 Å². The van der Waals surface area contributed by atoms with Gasteiger partial charge in [-0.3, -0.25) is 0 Å². The number of rotatable bonds is 5.